The molecule has 3 rings (SSSR count). The summed E-state index contributed by atoms with van der Waals surface area (Å²) in [5.74, 6) is -0.0654. The molecule has 3 aromatic rings. The summed E-state index contributed by atoms with van der Waals surface area (Å²) in [6.07, 6.45) is 1.48. The molecule has 0 spiro atoms. The first-order valence-electron chi connectivity index (χ1n) is 8.38. The smallest absolute Gasteiger partial charge is 0.262 e. The molecule has 1 aromatic carbocycles. The molecule has 0 fully saturated rings. The number of benzene rings is 1. The molecule has 0 radical (unpaired) electrons. The lowest BCUT2D eigenvalue weighted by Gasteiger charge is -2.18. The first kappa shape index (κ1) is 17.4. The second-order valence-corrected chi connectivity index (χ2v) is 6.85. The highest BCUT2D eigenvalue weighted by atomic mass is 32.1. The molecule has 25 heavy (non-hydrogen) atoms. The Labute approximate surface area is 150 Å². The van der Waals surface area contributed by atoms with Crippen LogP contribution in [-0.2, 0) is 11.3 Å². The lowest BCUT2D eigenvalue weighted by Crippen LogP contribution is -2.36. The fraction of sp³-hybridized carbons (Fsp3) is 0.316. The van der Waals surface area contributed by atoms with E-state index in [0.29, 0.717) is 23.3 Å². The van der Waals surface area contributed by atoms with Gasteiger partial charge in [-0.25, -0.2) is 4.98 Å². The van der Waals surface area contributed by atoms with Crippen molar-refractivity contribution in [3.8, 4) is 10.4 Å². The number of aryl methyl sites for hydroxylation is 1. The van der Waals surface area contributed by atoms with E-state index in [1.165, 1.54) is 22.2 Å². The molecule has 5 nitrogen and oxygen atoms in total. The van der Waals surface area contributed by atoms with Crippen LogP contribution in [0.25, 0.3) is 20.7 Å². The topological polar surface area (TPSA) is 55.2 Å². The van der Waals surface area contributed by atoms with Gasteiger partial charge in [-0.15, -0.1) is 11.3 Å². The second kappa shape index (κ2) is 7.19. The highest BCUT2D eigenvalue weighted by Crippen LogP contribution is 2.35. The molecule has 0 unspecified atom stereocenters. The maximum absolute atomic E-state index is 12.9. The van der Waals surface area contributed by atoms with Gasteiger partial charge in [0.25, 0.3) is 5.56 Å². The molecule has 0 bridgehead atoms. The average Bonchev–Trinajstić information content (AvgIpc) is 2.96. The molecule has 0 saturated carbocycles. The van der Waals surface area contributed by atoms with Gasteiger partial charge in [-0.2, -0.15) is 0 Å². The van der Waals surface area contributed by atoms with Crippen molar-refractivity contribution >= 4 is 27.5 Å². The molecule has 130 valence electrons. The molecule has 0 aliphatic heterocycles. The Bertz CT molecular complexity index is 956. The van der Waals surface area contributed by atoms with Gasteiger partial charge < -0.3 is 4.90 Å². The number of aromatic nitrogens is 2. The number of hydrogen-bond acceptors (Lipinski definition) is 4. The van der Waals surface area contributed by atoms with Crippen molar-refractivity contribution in [2.24, 2.45) is 0 Å². The molecular formula is C19H21N3O2S. The standard InChI is InChI=1S/C19H21N3O2S/c1-4-21(5-2)15(23)11-22-12-20-18-16(19(22)24)13(3)17(25-18)14-9-7-6-8-10-14/h6-10,12H,4-5,11H2,1-3H3. The molecule has 6 heteroatoms. The predicted octanol–water partition coefficient (Wildman–Crippen LogP) is 3.30. The second-order valence-electron chi connectivity index (χ2n) is 5.85. The lowest BCUT2D eigenvalue weighted by atomic mass is 10.1. The molecule has 0 atom stereocenters. The van der Waals surface area contributed by atoms with Crippen LogP contribution in [0, 0.1) is 6.92 Å². The van der Waals surface area contributed by atoms with Crippen LogP contribution < -0.4 is 5.56 Å². The van der Waals surface area contributed by atoms with E-state index >= 15 is 0 Å². The normalized spacial score (nSPS) is 11.0. The zero-order valence-corrected chi connectivity index (χ0v) is 15.5. The summed E-state index contributed by atoms with van der Waals surface area (Å²) in [7, 11) is 0. The molecule has 0 aliphatic carbocycles. The van der Waals surface area contributed by atoms with Crippen molar-refractivity contribution in [2.45, 2.75) is 27.3 Å². The van der Waals surface area contributed by atoms with Crippen LogP contribution >= 0.6 is 11.3 Å². The third-order valence-electron chi connectivity index (χ3n) is 4.38. The Morgan fingerprint density at radius 1 is 1.20 bits per heavy atom. The number of carbonyl (C=O) groups excluding carboxylic acids is 1. The van der Waals surface area contributed by atoms with E-state index < -0.39 is 0 Å². The van der Waals surface area contributed by atoms with Gasteiger partial charge in [0.2, 0.25) is 5.91 Å². The minimum Gasteiger partial charge on any atom is -0.342 e. The summed E-state index contributed by atoms with van der Waals surface area (Å²) in [6.45, 7) is 7.10. The van der Waals surface area contributed by atoms with Crippen molar-refractivity contribution in [1.82, 2.24) is 14.5 Å². The third-order valence-corrected chi connectivity index (χ3v) is 5.62. The Kier molecular flexibility index (Phi) is 4.99. The van der Waals surface area contributed by atoms with Crippen LogP contribution in [0.2, 0.25) is 0 Å². The van der Waals surface area contributed by atoms with Gasteiger partial charge in [0, 0.05) is 18.0 Å². The van der Waals surface area contributed by atoms with Crippen LogP contribution in [0.5, 0.6) is 0 Å². The fourth-order valence-electron chi connectivity index (χ4n) is 2.96. The van der Waals surface area contributed by atoms with Gasteiger partial charge in [0.15, 0.2) is 0 Å². The molecule has 0 aliphatic rings. The van der Waals surface area contributed by atoms with Crippen molar-refractivity contribution < 1.29 is 4.79 Å². The van der Waals surface area contributed by atoms with Gasteiger partial charge in [-0.3, -0.25) is 14.2 Å². The Morgan fingerprint density at radius 3 is 2.52 bits per heavy atom. The minimum atomic E-state index is -0.151. The lowest BCUT2D eigenvalue weighted by molar-refractivity contribution is -0.131. The zero-order valence-electron chi connectivity index (χ0n) is 14.7. The van der Waals surface area contributed by atoms with E-state index in [9.17, 15) is 9.59 Å². The summed E-state index contributed by atoms with van der Waals surface area (Å²) >= 11 is 1.51. The fourth-order valence-corrected chi connectivity index (χ4v) is 4.10. The average molecular weight is 355 g/mol. The van der Waals surface area contributed by atoms with Crippen molar-refractivity contribution in [2.75, 3.05) is 13.1 Å². The van der Waals surface area contributed by atoms with E-state index in [0.717, 1.165) is 16.0 Å². The maximum Gasteiger partial charge on any atom is 0.262 e. The predicted molar refractivity (Wildman–Crippen MR) is 102 cm³/mol. The van der Waals surface area contributed by atoms with E-state index in [2.05, 4.69) is 4.98 Å². The summed E-state index contributed by atoms with van der Waals surface area (Å²) in [5, 5.41) is 0.610. The van der Waals surface area contributed by atoms with Crippen molar-refractivity contribution in [3.05, 3.63) is 52.6 Å². The number of amides is 1. The minimum absolute atomic E-state index is 0.0272. The van der Waals surface area contributed by atoms with E-state index in [1.54, 1.807) is 4.90 Å². The molecule has 0 N–H and O–H groups in total. The van der Waals surface area contributed by atoms with E-state index in [4.69, 9.17) is 0 Å². The monoisotopic (exact) mass is 355 g/mol. The zero-order chi connectivity index (χ0) is 18.0. The first-order chi connectivity index (χ1) is 12.1. The SMILES string of the molecule is CCN(CC)C(=O)Cn1cnc2sc(-c3ccccc3)c(C)c2c1=O. The van der Waals surface area contributed by atoms with Crippen molar-refractivity contribution in [3.63, 3.8) is 0 Å². The van der Waals surface area contributed by atoms with Crippen LogP contribution in [0.4, 0.5) is 0 Å². The van der Waals surface area contributed by atoms with Crippen LogP contribution in [0.3, 0.4) is 0 Å². The van der Waals surface area contributed by atoms with Crippen LogP contribution in [0.1, 0.15) is 19.4 Å². The maximum atomic E-state index is 12.9. The number of likely N-dealkylation sites (N-methyl/N-ethyl adjacent to an activating group) is 1. The summed E-state index contributed by atoms with van der Waals surface area (Å²) in [6, 6.07) is 9.98. The van der Waals surface area contributed by atoms with Gasteiger partial charge in [-0.1, -0.05) is 30.3 Å². The number of thiophene rings is 1. The summed E-state index contributed by atoms with van der Waals surface area (Å²) in [5.41, 5.74) is 1.85. The number of hydrogen-bond donors (Lipinski definition) is 0. The van der Waals surface area contributed by atoms with Gasteiger partial charge >= 0.3 is 0 Å². The Balaban J connectivity index is 2.05. The van der Waals surface area contributed by atoms with E-state index in [1.807, 2.05) is 51.1 Å². The number of rotatable bonds is 5. The molecule has 0 saturated heterocycles. The number of carbonyl (C=O) groups is 1. The third kappa shape index (κ3) is 3.22. The number of nitrogens with zero attached hydrogens (tertiary/aromatic N) is 3. The highest BCUT2D eigenvalue weighted by Gasteiger charge is 2.17. The highest BCUT2D eigenvalue weighted by molar-refractivity contribution is 7.22. The van der Waals surface area contributed by atoms with Gasteiger partial charge in [0.1, 0.15) is 11.4 Å². The molecule has 2 aromatic heterocycles. The Morgan fingerprint density at radius 2 is 1.88 bits per heavy atom. The summed E-state index contributed by atoms with van der Waals surface area (Å²) in [4.78, 5) is 33.1. The first-order valence-corrected chi connectivity index (χ1v) is 9.20. The van der Waals surface area contributed by atoms with Crippen LogP contribution in [-0.4, -0.2) is 33.4 Å². The molecular weight excluding hydrogens is 334 g/mol. The quantitative estimate of drug-likeness (QED) is 0.706. The Hall–Kier alpha value is -2.47. The largest absolute Gasteiger partial charge is 0.342 e. The van der Waals surface area contributed by atoms with Gasteiger partial charge in [0.05, 0.1) is 11.7 Å². The van der Waals surface area contributed by atoms with Gasteiger partial charge in [-0.05, 0) is 31.9 Å². The molecule has 1 amide bonds. The van der Waals surface area contributed by atoms with Crippen LogP contribution in [0.15, 0.2) is 41.5 Å². The summed E-state index contributed by atoms with van der Waals surface area (Å²) < 4.78 is 1.41. The number of fused-ring (bicyclic) bond motifs is 1. The van der Waals surface area contributed by atoms with E-state index in [-0.39, 0.29) is 18.0 Å². The molecule has 2 heterocycles. The van der Waals surface area contributed by atoms with Crippen molar-refractivity contribution in [1.29, 1.82) is 0 Å².